The molecule has 2 heterocycles. The first-order valence-corrected chi connectivity index (χ1v) is 7.30. The summed E-state index contributed by atoms with van der Waals surface area (Å²) < 4.78 is 26.6. The van der Waals surface area contributed by atoms with Crippen LogP contribution in [0.4, 0.5) is 0 Å². The van der Waals surface area contributed by atoms with E-state index in [1.807, 2.05) is 6.92 Å². The predicted octanol–water partition coefficient (Wildman–Crippen LogP) is 0.0761. The van der Waals surface area contributed by atoms with Crippen LogP contribution in [0.15, 0.2) is 17.3 Å². The molecule has 1 aromatic rings. The van der Waals surface area contributed by atoms with Gasteiger partial charge in [-0.15, -0.1) is 0 Å². The molecule has 0 spiro atoms. The van der Waals surface area contributed by atoms with Gasteiger partial charge in [-0.2, -0.15) is 5.10 Å². The fourth-order valence-corrected chi connectivity index (χ4v) is 3.36. The van der Waals surface area contributed by atoms with Gasteiger partial charge in [-0.25, -0.2) is 13.1 Å². The van der Waals surface area contributed by atoms with E-state index in [9.17, 15) is 8.42 Å². The number of piperidine rings is 1. The van der Waals surface area contributed by atoms with Crippen LogP contribution in [0.25, 0.3) is 0 Å². The average molecular weight is 258 g/mol. The topological polar surface area (TPSA) is 86.9 Å². The summed E-state index contributed by atoms with van der Waals surface area (Å²) in [7, 11) is -3.43. The van der Waals surface area contributed by atoms with Gasteiger partial charge >= 0.3 is 0 Å². The lowest BCUT2D eigenvalue weighted by Crippen LogP contribution is -2.42. The minimum absolute atomic E-state index is 0.0444. The third-order valence-electron chi connectivity index (χ3n) is 3.22. The molecule has 2 rings (SSSR count). The number of nitrogens with zero attached hydrogens (tertiary/aromatic N) is 1. The van der Waals surface area contributed by atoms with Crippen molar-refractivity contribution in [1.29, 1.82) is 0 Å². The zero-order valence-electron chi connectivity index (χ0n) is 9.81. The second kappa shape index (κ2) is 5.16. The van der Waals surface area contributed by atoms with Gasteiger partial charge in [-0.3, -0.25) is 5.10 Å². The van der Waals surface area contributed by atoms with Gasteiger partial charge in [0.05, 0.1) is 6.20 Å². The van der Waals surface area contributed by atoms with E-state index in [0.717, 1.165) is 25.9 Å². The zero-order chi connectivity index (χ0) is 12.3. The number of H-pyrrole nitrogens is 1. The van der Waals surface area contributed by atoms with Crippen molar-refractivity contribution in [3.8, 4) is 0 Å². The fraction of sp³-hybridized carbons (Fsp3) is 0.700. The summed E-state index contributed by atoms with van der Waals surface area (Å²) >= 11 is 0. The van der Waals surface area contributed by atoms with Gasteiger partial charge in [0.15, 0.2) is 0 Å². The molecule has 96 valence electrons. The Balaban J connectivity index is 2.00. The van der Waals surface area contributed by atoms with E-state index in [-0.39, 0.29) is 10.9 Å². The van der Waals surface area contributed by atoms with Gasteiger partial charge in [-0.1, -0.05) is 0 Å². The highest BCUT2D eigenvalue weighted by atomic mass is 32.2. The van der Waals surface area contributed by atoms with Crippen molar-refractivity contribution in [1.82, 2.24) is 20.2 Å². The van der Waals surface area contributed by atoms with Crippen LogP contribution in [0.2, 0.25) is 0 Å². The molecule has 1 aliphatic heterocycles. The summed E-state index contributed by atoms with van der Waals surface area (Å²) in [6, 6.07) is -0.0444. The lowest BCUT2D eigenvalue weighted by Gasteiger charge is -2.28. The fourth-order valence-electron chi connectivity index (χ4n) is 2.14. The minimum atomic E-state index is -3.43. The van der Waals surface area contributed by atoms with E-state index in [2.05, 4.69) is 20.2 Å². The van der Waals surface area contributed by atoms with Crippen molar-refractivity contribution in [2.75, 3.05) is 13.1 Å². The lowest BCUT2D eigenvalue weighted by molar-refractivity contribution is 0.316. The van der Waals surface area contributed by atoms with E-state index in [1.165, 1.54) is 12.4 Å². The number of sulfonamides is 1. The summed E-state index contributed by atoms with van der Waals surface area (Å²) in [5, 5.41) is 9.43. The highest BCUT2D eigenvalue weighted by molar-refractivity contribution is 7.89. The minimum Gasteiger partial charge on any atom is -0.317 e. The predicted molar refractivity (Wildman–Crippen MR) is 64.0 cm³/mol. The smallest absolute Gasteiger partial charge is 0.243 e. The van der Waals surface area contributed by atoms with E-state index >= 15 is 0 Å². The van der Waals surface area contributed by atoms with Crippen molar-refractivity contribution in [3.63, 3.8) is 0 Å². The van der Waals surface area contributed by atoms with Crippen LogP contribution in [0.3, 0.4) is 0 Å². The Kier molecular flexibility index (Phi) is 3.80. The van der Waals surface area contributed by atoms with E-state index in [4.69, 9.17) is 0 Å². The van der Waals surface area contributed by atoms with Gasteiger partial charge in [0.2, 0.25) is 10.0 Å². The van der Waals surface area contributed by atoms with Crippen LogP contribution >= 0.6 is 0 Å². The van der Waals surface area contributed by atoms with Crippen molar-refractivity contribution < 1.29 is 8.42 Å². The Labute approximate surface area is 101 Å². The van der Waals surface area contributed by atoms with Crippen LogP contribution in [0, 0.1) is 5.92 Å². The van der Waals surface area contributed by atoms with Gasteiger partial charge in [-0.05, 0) is 38.8 Å². The SMILES string of the molecule is CC(NS(=O)(=O)c1cn[nH]c1)C1CCNCC1. The van der Waals surface area contributed by atoms with E-state index in [0.29, 0.717) is 5.92 Å². The molecule has 0 aliphatic carbocycles. The first-order chi connectivity index (χ1) is 8.09. The molecule has 17 heavy (non-hydrogen) atoms. The molecule has 1 aliphatic rings. The van der Waals surface area contributed by atoms with Crippen LogP contribution in [-0.2, 0) is 10.0 Å². The Hall–Kier alpha value is -0.920. The molecule has 3 N–H and O–H groups in total. The second-order valence-corrected chi connectivity index (χ2v) is 6.15. The molecule has 0 amide bonds. The Bertz CT molecular complexity index is 437. The molecule has 7 heteroatoms. The lowest BCUT2D eigenvalue weighted by atomic mass is 9.92. The first-order valence-electron chi connectivity index (χ1n) is 5.81. The maximum Gasteiger partial charge on any atom is 0.243 e. The molecular formula is C10H18N4O2S. The molecule has 0 radical (unpaired) electrons. The average Bonchev–Trinajstić information content (AvgIpc) is 2.84. The third-order valence-corrected chi connectivity index (χ3v) is 4.74. The van der Waals surface area contributed by atoms with Crippen LogP contribution in [0.1, 0.15) is 19.8 Å². The molecule has 1 fully saturated rings. The molecular weight excluding hydrogens is 240 g/mol. The third kappa shape index (κ3) is 3.05. The molecule has 1 saturated heterocycles. The maximum absolute atomic E-state index is 12.0. The summed E-state index contributed by atoms with van der Waals surface area (Å²) in [5.41, 5.74) is 0. The Morgan fingerprint density at radius 2 is 2.18 bits per heavy atom. The molecule has 0 aromatic carbocycles. The van der Waals surface area contributed by atoms with Crippen molar-refractivity contribution in [2.24, 2.45) is 5.92 Å². The number of aromatic amines is 1. The highest BCUT2D eigenvalue weighted by Crippen LogP contribution is 2.18. The molecule has 6 nitrogen and oxygen atoms in total. The summed E-state index contributed by atoms with van der Waals surface area (Å²) in [4.78, 5) is 0.193. The number of nitrogens with one attached hydrogen (secondary N) is 3. The van der Waals surface area contributed by atoms with Crippen LogP contribution in [-0.4, -0.2) is 37.7 Å². The largest absolute Gasteiger partial charge is 0.317 e. The van der Waals surface area contributed by atoms with Crippen molar-refractivity contribution in [2.45, 2.75) is 30.7 Å². The maximum atomic E-state index is 12.0. The van der Waals surface area contributed by atoms with E-state index < -0.39 is 10.0 Å². The first kappa shape index (κ1) is 12.5. The quantitative estimate of drug-likeness (QED) is 0.713. The molecule has 0 bridgehead atoms. The molecule has 0 saturated carbocycles. The summed E-state index contributed by atoms with van der Waals surface area (Å²) in [6.45, 7) is 3.85. The normalized spacial score (nSPS) is 20.3. The highest BCUT2D eigenvalue weighted by Gasteiger charge is 2.25. The second-order valence-electron chi connectivity index (χ2n) is 4.43. The number of hydrogen-bond donors (Lipinski definition) is 3. The van der Waals surface area contributed by atoms with Crippen molar-refractivity contribution in [3.05, 3.63) is 12.4 Å². The Morgan fingerprint density at radius 3 is 2.76 bits per heavy atom. The number of aromatic nitrogens is 2. The monoisotopic (exact) mass is 258 g/mol. The summed E-state index contributed by atoms with van der Waals surface area (Å²) in [6.07, 6.45) is 4.72. The van der Waals surface area contributed by atoms with Gasteiger partial charge in [0.25, 0.3) is 0 Å². The number of hydrogen-bond acceptors (Lipinski definition) is 4. The molecule has 1 atom stereocenters. The van der Waals surface area contributed by atoms with Gasteiger partial charge in [0.1, 0.15) is 4.90 Å². The molecule has 1 unspecified atom stereocenters. The summed E-state index contributed by atoms with van der Waals surface area (Å²) in [5.74, 6) is 0.401. The van der Waals surface area contributed by atoms with E-state index in [1.54, 1.807) is 0 Å². The zero-order valence-corrected chi connectivity index (χ0v) is 10.6. The van der Waals surface area contributed by atoms with Gasteiger partial charge < -0.3 is 5.32 Å². The molecule has 1 aromatic heterocycles. The van der Waals surface area contributed by atoms with Crippen LogP contribution in [0.5, 0.6) is 0 Å². The van der Waals surface area contributed by atoms with Crippen LogP contribution < -0.4 is 10.0 Å². The standard InChI is InChI=1S/C10H18N4O2S/c1-8(9-2-4-11-5-3-9)14-17(15,16)10-6-12-13-7-10/h6-9,11,14H,2-5H2,1H3,(H,12,13). The van der Waals surface area contributed by atoms with Gasteiger partial charge in [0, 0.05) is 12.2 Å². The van der Waals surface area contributed by atoms with Crippen molar-refractivity contribution >= 4 is 10.0 Å². The Morgan fingerprint density at radius 1 is 1.47 bits per heavy atom. The number of rotatable bonds is 4.